The molecule has 6 nitrogen and oxygen atoms in total. The van der Waals surface area contributed by atoms with Gasteiger partial charge in [-0.25, -0.2) is 0 Å². The van der Waals surface area contributed by atoms with E-state index in [1.54, 1.807) is 0 Å². The van der Waals surface area contributed by atoms with Crippen LogP contribution in [0, 0.1) is 25.7 Å². The van der Waals surface area contributed by atoms with Crippen LogP contribution >= 0.6 is 0 Å². The van der Waals surface area contributed by atoms with Crippen molar-refractivity contribution in [1.29, 1.82) is 0 Å². The van der Waals surface area contributed by atoms with Crippen LogP contribution in [-0.4, -0.2) is 33.7 Å². The Morgan fingerprint density at radius 2 is 1.48 bits per heavy atom. The second kappa shape index (κ2) is 7.85. The molecule has 2 aromatic rings. The summed E-state index contributed by atoms with van der Waals surface area (Å²) in [6.45, 7) is 4.27. The number of hydrogen-bond donors (Lipinski definition) is 1. The van der Waals surface area contributed by atoms with Gasteiger partial charge in [0.25, 0.3) is 0 Å². The Labute approximate surface area is 170 Å². The fourth-order valence-electron chi connectivity index (χ4n) is 4.66. The second-order valence-electron chi connectivity index (χ2n) is 8.12. The van der Waals surface area contributed by atoms with Gasteiger partial charge in [-0.3, -0.25) is 19.3 Å². The van der Waals surface area contributed by atoms with Crippen molar-refractivity contribution in [2.24, 2.45) is 11.8 Å². The van der Waals surface area contributed by atoms with Crippen LogP contribution in [0.4, 0.5) is 5.69 Å². The molecule has 0 bridgehead atoms. The molecule has 1 aromatic carbocycles. The maximum absolute atomic E-state index is 12.5. The number of carbonyl (C=O) groups excluding carboxylic acids is 3. The molecule has 152 valence electrons. The number of aromatic nitrogens is 1. The lowest BCUT2D eigenvalue weighted by Gasteiger charge is -2.19. The molecular weight excluding hydrogens is 366 g/mol. The van der Waals surface area contributed by atoms with Crippen molar-refractivity contribution in [2.45, 2.75) is 46.0 Å². The first-order chi connectivity index (χ1) is 14.0. The van der Waals surface area contributed by atoms with Crippen molar-refractivity contribution in [1.82, 2.24) is 9.47 Å². The zero-order valence-electron chi connectivity index (χ0n) is 17.0. The van der Waals surface area contributed by atoms with Crippen LogP contribution < -0.4 is 5.32 Å². The molecule has 1 aliphatic carbocycles. The normalized spacial score (nSPS) is 21.4. The summed E-state index contributed by atoms with van der Waals surface area (Å²) >= 11 is 0. The van der Waals surface area contributed by atoms with E-state index in [-0.39, 0.29) is 42.5 Å². The molecule has 4 rings (SSSR count). The standard InChI is InChI=1S/C23H27N3O3/c1-15-7-8-16(2)26(15)18-11-9-17(10-12-18)24-21(27)13-14-25-22(28)19-5-3-4-6-20(19)23(25)29/h7-12,19-20H,3-6,13-14H2,1-2H3,(H,24,27)/t19-,20-/m1/s1. The molecule has 2 fully saturated rings. The largest absolute Gasteiger partial charge is 0.326 e. The van der Waals surface area contributed by atoms with Crippen LogP contribution in [0.25, 0.3) is 5.69 Å². The number of imide groups is 1. The fraction of sp³-hybridized carbons (Fsp3) is 0.435. The summed E-state index contributed by atoms with van der Waals surface area (Å²) in [7, 11) is 0. The maximum atomic E-state index is 12.5. The predicted octanol–water partition coefficient (Wildman–Crippen LogP) is 3.60. The molecule has 1 saturated carbocycles. The predicted molar refractivity (Wildman–Crippen MR) is 111 cm³/mol. The van der Waals surface area contributed by atoms with E-state index in [2.05, 4.69) is 35.9 Å². The van der Waals surface area contributed by atoms with E-state index in [4.69, 9.17) is 0 Å². The summed E-state index contributed by atoms with van der Waals surface area (Å²) in [5.74, 6) is -0.690. The Bertz CT molecular complexity index is 901. The Hall–Kier alpha value is -2.89. The summed E-state index contributed by atoms with van der Waals surface area (Å²) in [5.41, 5.74) is 4.05. The molecule has 1 aliphatic heterocycles. The van der Waals surface area contributed by atoms with Crippen LogP contribution in [0.1, 0.15) is 43.5 Å². The van der Waals surface area contributed by atoms with Crippen molar-refractivity contribution in [3.63, 3.8) is 0 Å². The first-order valence-electron chi connectivity index (χ1n) is 10.4. The van der Waals surface area contributed by atoms with Crippen molar-refractivity contribution < 1.29 is 14.4 Å². The van der Waals surface area contributed by atoms with E-state index in [0.717, 1.165) is 42.8 Å². The summed E-state index contributed by atoms with van der Waals surface area (Å²) in [4.78, 5) is 38.7. The van der Waals surface area contributed by atoms with Gasteiger partial charge in [0, 0.05) is 35.7 Å². The minimum absolute atomic E-state index is 0.0886. The molecular formula is C23H27N3O3. The van der Waals surface area contributed by atoms with Gasteiger partial charge >= 0.3 is 0 Å². The molecule has 3 amide bonds. The molecule has 2 atom stereocenters. The average Bonchev–Trinajstić information content (AvgIpc) is 3.18. The molecule has 1 aromatic heterocycles. The van der Waals surface area contributed by atoms with Crippen molar-refractivity contribution in [3.05, 3.63) is 47.8 Å². The molecule has 1 saturated heterocycles. The van der Waals surface area contributed by atoms with Gasteiger partial charge in [-0.2, -0.15) is 0 Å². The average molecular weight is 393 g/mol. The number of anilines is 1. The second-order valence-corrected chi connectivity index (χ2v) is 8.12. The van der Waals surface area contributed by atoms with Gasteiger partial charge in [0.15, 0.2) is 0 Å². The Morgan fingerprint density at radius 1 is 0.931 bits per heavy atom. The minimum atomic E-state index is -0.193. The number of rotatable bonds is 5. The molecule has 0 unspecified atom stereocenters. The van der Waals surface area contributed by atoms with Gasteiger partial charge in [-0.05, 0) is 63.1 Å². The highest BCUT2D eigenvalue weighted by atomic mass is 16.2. The summed E-state index contributed by atoms with van der Waals surface area (Å²) in [6.07, 6.45) is 3.73. The monoisotopic (exact) mass is 393 g/mol. The number of hydrogen-bond acceptors (Lipinski definition) is 3. The summed E-state index contributed by atoms with van der Waals surface area (Å²) in [6, 6.07) is 11.8. The number of carbonyl (C=O) groups is 3. The van der Waals surface area contributed by atoms with Crippen molar-refractivity contribution in [2.75, 3.05) is 11.9 Å². The first-order valence-corrected chi connectivity index (χ1v) is 10.4. The molecule has 0 spiro atoms. The fourth-order valence-corrected chi connectivity index (χ4v) is 4.66. The highest BCUT2D eigenvalue weighted by Crippen LogP contribution is 2.38. The van der Waals surface area contributed by atoms with Gasteiger partial charge < -0.3 is 9.88 Å². The van der Waals surface area contributed by atoms with Crippen LogP contribution in [-0.2, 0) is 14.4 Å². The summed E-state index contributed by atoms with van der Waals surface area (Å²) in [5, 5.41) is 2.86. The van der Waals surface area contributed by atoms with Crippen molar-refractivity contribution in [3.8, 4) is 5.69 Å². The highest BCUT2D eigenvalue weighted by molar-refractivity contribution is 6.05. The number of benzene rings is 1. The van der Waals surface area contributed by atoms with E-state index in [1.807, 2.05) is 24.3 Å². The van der Waals surface area contributed by atoms with Gasteiger partial charge in [-0.15, -0.1) is 0 Å². The molecule has 2 heterocycles. The quantitative estimate of drug-likeness (QED) is 0.789. The zero-order valence-corrected chi connectivity index (χ0v) is 17.0. The van der Waals surface area contributed by atoms with Crippen LogP contribution in [0.2, 0.25) is 0 Å². The molecule has 1 N–H and O–H groups in total. The number of fused-ring (bicyclic) bond motifs is 1. The third-order valence-electron chi connectivity index (χ3n) is 6.18. The van der Waals surface area contributed by atoms with E-state index < -0.39 is 0 Å². The SMILES string of the molecule is Cc1ccc(C)n1-c1ccc(NC(=O)CCN2C(=O)[C@@H]3CCCC[C@H]3C2=O)cc1. The third kappa shape index (κ3) is 3.71. The van der Waals surface area contributed by atoms with Crippen LogP contribution in [0.5, 0.6) is 0 Å². The molecule has 0 radical (unpaired) electrons. The van der Waals surface area contributed by atoms with E-state index >= 15 is 0 Å². The number of amides is 3. The lowest BCUT2D eigenvalue weighted by molar-refractivity contribution is -0.140. The molecule has 6 heteroatoms. The Morgan fingerprint density at radius 3 is 2.03 bits per heavy atom. The van der Waals surface area contributed by atoms with Crippen LogP contribution in [0.15, 0.2) is 36.4 Å². The number of aryl methyl sites for hydroxylation is 2. The number of nitrogens with zero attached hydrogens (tertiary/aromatic N) is 2. The minimum Gasteiger partial charge on any atom is -0.326 e. The zero-order chi connectivity index (χ0) is 20.5. The highest BCUT2D eigenvalue weighted by Gasteiger charge is 2.47. The summed E-state index contributed by atoms with van der Waals surface area (Å²) < 4.78 is 2.15. The third-order valence-corrected chi connectivity index (χ3v) is 6.18. The molecule has 29 heavy (non-hydrogen) atoms. The van der Waals surface area contributed by atoms with E-state index in [9.17, 15) is 14.4 Å². The Balaban J connectivity index is 1.34. The Kier molecular flexibility index (Phi) is 5.26. The lowest BCUT2D eigenvalue weighted by atomic mass is 9.81. The van der Waals surface area contributed by atoms with Crippen molar-refractivity contribution >= 4 is 23.4 Å². The first kappa shape index (κ1) is 19.4. The van der Waals surface area contributed by atoms with E-state index in [0.29, 0.717) is 5.69 Å². The number of likely N-dealkylation sites (tertiary alicyclic amines) is 1. The lowest BCUT2D eigenvalue weighted by Crippen LogP contribution is -2.34. The smallest absolute Gasteiger partial charge is 0.233 e. The van der Waals surface area contributed by atoms with Gasteiger partial charge in [-0.1, -0.05) is 12.8 Å². The van der Waals surface area contributed by atoms with Gasteiger partial charge in [0.2, 0.25) is 17.7 Å². The van der Waals surface area contributed by atoms with E-state index in [1.165, 1.54) is 4.90 Å². The van der Waals surface area contributed by atoms with Gasteiger partial charge in [0.05, 0.1) is 11.8 Å². The topological polar surface area (TPSA) is 71.4 Å². The van der Waals surface area contributed by atoms with Gasteiger partial charge in [0.1, 0.15) is 0 Å². The molecule has 2 aliphatic rings. The van der Waals surface area contributed by atoms with Crippen LogP contribution in [0.3, 0.4) is 0 Å². The number of nitrogens with one attached hydrogen (secondary N) is 1. The maximum Gasteiger partial charge on any atom is 0.233 e.